The molecule has 9 heteroatoms. The van der Waals surface area contributed by atoms with Crippen molar-refractivity contribution in [3.63, 3.8) is 0 Å². The molecule has 0 bridgehead atoms. The Morgan fingerprint density at radius 1 is 1.21 bits per heavy atom. The first-order chi connectivity index (χ1) is 14.0. The maximum atomic E-state index is 13.1. The van der Waals surface area contributed by atoms with Gasteiger partial charge < -0.3 is 19.4 Å². The van der Waals surface area contributed by atoms with E-state index in [4.69, 9.17) is 9.47 Å². The zero-order valence-electron chi connectivity index (χ0n) is 15.9. The Hall–Kier alpha value is -3.07. The Bertz CT molecular complexity index is 1040. The second-order valence-electron chi connectivity index (χ2n) is 6.54. The molecule has 1 aromatic heterocycles. The number of rotatable bonds is 6. The van der Waals surface area contributed by atoms with Crippen molar-refractivity contribution in [3.05, 3.63) is 53.8 Å². The SMILES string of the molecule is C[C@@H](Sc1nnc(-c2ccc(F)cc2)n1C)C(=O)NCc1ccc2c(c1)OCO2. The summed E-state index contributed by atoms with van der Waals surface area (Å²) in [6, 6.07) is 11.6. The maximum Gasteiger partial charge on any atom is 0.233 e. The van der Waals surface area contributed by atoms with Crippen molar-refractivity contribution in [1.82, 2.24) is 20.1 Å². The van der Waals surface area contributed by atoms with Crippen LogP contribution in [0.4, 0.5) is 4.39 Å². The fraction of sp³-hybridized carbons (Fsp3) is 0.250. The molecule has 1 aliphatic rings. The molecule has 1 N–H and O–H groups in total. The van der Waals surface area contributed by atoms with E-state index in [0.717, 1.165) is 11.1 Å². The monoisotopic (exact) mass is 414 g/mol. The number of hydrogen-bond acceptors (Lipinski definition) is 6. The lowest BCUT2D eigenvalue weighted by Gasteiger charge is -2.12. The van der Waals surface area contributed by atoms with Crippen molar-refractivity contribution in [3.8, 4) is 22.9 Å². The Kier molecular flexibility index (Phi) is 5.39. The van der Waals surface area contributed by atoms with E-state index in [1.807, 2.05) is 32.2 Å². The molecule has 2 heterocycles. The van der Waals surface area contributed by atoms with Gasteiger partial charge in [0.2, 0.25) is 12.7 Å². The number of amides is 1. The van der Waals surface area contributed by atoms with E-state index in [2.05, 4.69) is 15.5 Å². The quantitative estimate of drug-likeness (QED) is 0.625. The van der Waals surface area contributed by atoms with Crippen molar-refractivity contribution >= 4 is 17.7 Å². The third kappa shape index (κ3) is 4.19. The highest BCUT2D eigenvalue weighted by Gasteiger charge is 2.20. The molecule has 0 unspecified atom stereocenters. The number of hydrogen-bond donors (Lipinski definition) is 1. The van der Waals surface area contributed by atoms with Crippen LogP contribution in [0.25, 0.3) is 11.4 Å². The molecular formula is C20H19FN4O3S. The van der Waals surface area contributed by atoms with Gasteiger partial charge in [-0.15, -0.1) is 10.2 Å². The largest absolute Gasteiger partial charge is 0.454 e. The number of thioether (sulfide) groups is 1. The van der Waals surface area contributed by atoms with Crippen LogP contribution in [0.5, 0.6) is 11.5 Å². The lowest BCUT2D eigenvalue weighted by atomic mass is 10.2. The summed E-state index contributed by atoms with van der Waals surface area (Å²) in [5, 5.41) is 11.5. The summed E-state index contributed by atoms with van der Waals surface area (Å²) in [5.41, 5.74) is 1.69. The van der Waals surface area contributed by atoms with E-state index in [1.54, 1.807) is 16.7 Å². The van der Waals surface area contributed by atoms with Gasteiger partial charge >= 0.3 is 0 Å². The van der Waals surface area contributed by atoms with Crippen LogP contribution < -0.4 is 14.8 Å². The van der Waals surface area contributed by atoms with Gasteiger partial charge in [0.05, 0.1) is 5.25 Å². The Morgan fingerprint density at radius 2 is 1.97 bits per heavy atom. The van der Waals surface area contributed by atoms with E-state index in [9.17, 15) is 9.18 Å². The molecule has 0 spiro atoms. The van der Waals surface area contributed by atoms with E-state index < -0.39 is 0 Å². The molecule has 1 atom stereocenters. The number of nitrogens with one attached hydrogen (secondary N) is 1. The number of aromatic nitrogens is 3. The summed E-state index contributed by atoms with van der Waals surface area (Å²) in [6.45, 7) is 2.42. The predicted molar refractivity (Wildman–Crippen MR) is 106 cm³/mol. The van der Waals surface area contributed by atoms with Crippen LogP contribution in [-0.2, 0) is 18.4 Å². The normalized spacial score (nSPS) is 13.3. The first-order valence-corrected chi connectivity index (χ1v) is 9.87. The number of nitrogens with zero attached hydrogens (tertiary/aromatic N) is 3. The third-order valence-electron chi connectivity index (χ3n) is 4.49. The first-order valence-electron chi connectivity index (χ1n) is 8.99. The van der Waals surface area contributed by atoms with Crippen molar-refractivity contribution in [2.45, 2.75) is 23.9 Å². The number of halogens is 1. The minimum Gasteiger partial charge on any atom is -0.454 e. The number of benzene rings is 2. The molecule has 0 aliphatic carbocycles. The number of carbonyl (C=O) groups is 1. The van der Waals surface area contributed by atoms with Gasteiger partial charge in [-0.05, 0) is 48.9 Å². The number of fused-ring (bicyclic) bond motifs is 1. The fourth-order valence-corrected chi connectivity index (χ4v) is 3.70. The fourth-order valence-electron chi connectivity index (χ4n) is 2.86. The Labute approximate surface area is 171 Å². The Morgan fingerprint density at radius 3 is 2.76 bits per heavy atom. The summed E-state index contributed by atoms with van der Waals surface area (Å²) >= 11 is 1.31. The maximum absolute atomic E-state index is 13.1. The van der Waals surface area contributed by atoms with E-state index >= 15 is 0 Å². The van der Waals surface area contributed by atoms with Gasteiger partial charge in [0.1, 0.15) is 5.82 Å². The van der Waals surface area contributed by atoms with Crippen LogP contribution in [0.1, 0.15) is 12.5 Å². The third-order valence-corrected chi connectivity index (χ3v) is 5.63. The van der Waals surface area contributed by atoms with E-state index in [0.29, 0.717) is 29.0 Å². The lowest BCUT2D eigenvalue weighted by molar-refractivity contribution is -0.120. The van der Waals surface area contributed by atoms with Gasteiger partial charge in [0, 0.05) is 19.2 Å². The molecule has 4 rings (SSSR count). The lowest BCUT2D eigenvalue weighted by Crippen LogP contribution is -2.30. The second-order valence-corrected chi connectivity index (χ2v) is 7.85. The summed E-state index contributed by atoms with van der Waals surface area (Å²) in [6.07, 6.45) is 0. The predicted octanol–water partition coefficient (Wildman–Crippen LogP) is 3.15. The molecule has 150 valence electrons. The van der Waals surface area contributed by atoms with Gasteiger partial charge in [0.25, 0.3) is 0 Å². The summed E-state index contributed by atoms with van der Waals surface area (Å²) < 4.78 is 25.6. The Balaban J connectivity index is 1.37. The molecule has 0 saturated heterocycles. The smallest absolute Gasteiger partial charge is 0.233 e. The highest BCUT2D eigenvalue weighted by Crippen LogP contribution is 2.32. The van der Waals surface area contributed by atoms with Crippen molar-refractivity contribution in [2.24, 2.45) is 7.05 Å². The summed E-state index contributed by atoms with van der Waals surface area (Å²) in [4.78, 5) is 12.5. The van der Waals surface area contributed by atoms with Gasteiger partial charge in [-0.25, -0.2) is 4.39 Å². The van der Waals surface area contributed by atoms with E-state index in [-0.39, 0.29) is 23.8 Å². The van der Waals surface area contributed by atoms with Gasteiger partial charge in [-0.2, -0.15) is 0 Å². The van der Waals surface area contributed by atoms with Crippen LogP contribution >= 0.6 is 11.8 Å². The molecule has 0 radical (unpaired) electrons. The number of ether oxygens (including phenoxy) is 2. The zero-order valence-corrected chi connectivity index (χ0v) is 16.7. The minimum atomic E-state index is -0.368. The van der Waals surface area contributed by atoms with Crippen LogP contribution in [-0.4, -0.2) is 32.7 Å². The van der Waals surface area contributed by atoms with Gasteiger partial charge in [-0.3, -0.25) is 4.79 Å². The molecule has 3 aromatic rings. The average Bonchev–Trinajstić information content (AvgIpc) is 3.33. The molecule has 0 saturated carbocycles. The average molecular weight is 414 g/mol. The first kappa shape index (κ1) is 19.3. The van der Waals surface area contributed by atoms with Gasteiger partial charge in [-0.1, -0.05) is 17.8 Å². The van der Waals surface area contributed by atoms with Crippen molar-refractivity contribution in [2.75, 3.05) is 6.79 Å². The molecule has 29 heavy (non-hydrogen) atoms. The standard InChI is InChI=1S/C20H19FN4O3S/c1-12(19(26)22-10-13-3-8-16-17(9-13)28-11-27-16)29-20-24-23-18(25(20)2)14-4-6-15(21)7-5-14/h3-9,12H,10-11H2,1-2H3,(H,22,26)/t12-/m1/s1. The van der Waals surface area contributed by atoms with E-state index in [1.165, 1.54) is 23.9 Å². The van der Waals surface area contributed by atoms with Crippen LogP contribution in [0.3, 0.4) is 0 Å². The van der Waals surface area contributed by atoms with Crippen LogP contribution in [0.2, 0.25) is 0 Å². The molecule has 1 amide bonds. The van der Waals surface area contributed by atoms with Crippen molar-refractivity contribution < 1.29 is 18.7 Å². The molecule has 2 aromatic carbocycles. The summed E-state index contributed by atoms with van der Waals surface area (Å²) in [7, 11) is 1.82. The summed E-state index contributed by atoms with van der Waals surface area (Å²) in [5.74, 6) is 1.59. The molecule has 1 aliphatic heterocycles. The van der Waals surface area contributed by atoms with Gasteiger partial charge in [0.15, 0.2) is 22.5 Å². The molecule has 7 nitrogen and oxygen atoms in total. The zero-order chi connectivity index (χ0) is 20.4. The highest BCUT2D eigenvalue weighted by atomic mass is 32.2. The van der Waals surface area contributed by atoms with Crippen molar-refractivity contribution in [1.29, 1.82) is 0 Å². The topological polar surface area (TPSA) is 78.3 Å². The van der Waals surface area contributed by atoms with Crippen LogP contribution in [0, 0.1) is 5.82 Å². The molecular weight excluding hydrogens is 395 g/mol. The van der Waals surface area contributed by atoms with Crippen LogP contribution in [0.15, 0.2) is 47.6 Å². The second kappa shape index (κ2) is 8.12. The minimum absolute atomic E-state index is 0.112. The molecule has 0 fully saturated rings. The highest BCUT2D eigenvalue weighted by molar-refractivity contribution is 8.00. The number of carbonyl (C=O) groups excluding carboxylic acids is 1.